The number of aromatic nitrogens is 3. The summed E-state index contributed by atoms with van der Waals surface area (Å²) in [4.78, 5) is 17.5. The highest BCUT2D eigenvalue weighted by molar-refractivity contribution is 6.32. The van der Waals surface area contributed by atoms with Crippen molar-refractivity contribution in [3.8, 4) is 5.69 Å². The molecule has 0 aliphatic carbocycles. The first-order valence-corrected chi connectivity index (χ1v) is 9.91. The summed E-state index contributed by atoms with van der Waals surface area (Å²) in [6, 6.07) is 20.5. The van der Waals surface area contributed by atoms with Crippen LogP contribution in [-0.4, -0.2) is 20.7 Å². The summed E-state index contributed by atoms with van der Waals surface area (Å²) in [5.41, 5.74) is -0.0887. The topological polar surface area (TPSA) is 59.8 Å². The van der Waals surface area contributed by atoms with E-state index in [0.29, 0.717) is 11.8 Å². The SMILES string of the molecule is O=C(NC(c1ccccc1)c1ccccn1)c1cc(C(F)(F)F)nn1-c1ccccc1Cl. The summed E-state index contributed by atoms with van der Waals surface area (Å²) in [5, 5.41) is 6.56. The fourth-order valence-electron chi connectivity index (χ4n) is 3.21. The first-order chi connectivity index (χ1) is 15.3. The molecule has 0 fully saturated rings. The average Bonchev–Trinajstić information content (AvgIpc) is 3.25. The van der Waals surface area contributed by atoms with Crippen molar-refractivity contribution in [3.63, 3.8) is 0 Å². The van der Waals surface area contributed by atoms with E-state index < -0.39 is 23.8 Å². The molecule has 4 aromatic rings. The van der Waals surface area contributed by atoms with Crippen LogP contribution in [0.5, 0.6) is 0 Å². The van der Waals surface area contributed by atoms with Crippen molar-refractivity contribution < 1.29 is 18.0 Å². The van der Waals surface area contributed by atoms with Crippen LogP contribution < -0.4 is 5.32 Å². The molecular formula is C23H16ClF3N4O. The maximum Gasteiger partial charge on any atom is 0.435 e. The molecule has 1 atom stereocenters. The predicted octanol–water partition coefficient (Wildman–Crippen LogP) is 5.46. The Morgan fingerprint density at radius 3 is 2.31 bits per heavy atom. The van der Waals surface area contributed by atoms with E-state index in [0.717, 1.165) is 10.2 Å². The van der Waals surface area contributed by atoms with Gasteiger partial charge < -0.3 is 5.32 Å². The first kappa shape index (κ1) is 21.6. The second-order valence-corrected chi connectivity index (χ2v) is 7.25. The molecular weight excluding hydrogens is 441 g/mol. The molecule has 0 aliphatic heterocycles. The van der Waals surface area contributed by atoms with Gasteiger partial charge in [-0.3, -0.25) is 9.78 Å². The predicted molar refractivity (Wildman–Crippen MR) is 114 cm³/mol. The highest BCUT2D eigenvalue weighted by Crippen LogP contribution is 2.31. The molecule has 0 aliphatic rings. The summed E-state index contributed by atoms with van der Waals surface area (Å²) >= 11 is 6.17. The fourth-order valence-corrected chi connectivity index (χ4v) is 3.43. The van der Waals surface area contributed by atoms with Crippen molar-refractivity contribution in [1.82, 2.24) is 20.1 Å². The quantitative estimate of drug-likeness (QED) is 0.434. The Morgan fingerprint density at radius 2 is 1.66 bits per heavy atom. The van der Waals surface area contributed by atoms with E-state index in [-0.39, 0.29) is 16.4 Å². The minimum absolute atomic E-state index is 0.155. The highest BCUT2D eigenvalue weighted by Gasteiger charge is 2.36. The molecule has 0 radical (unpaired) electrons. The molecule has 2 aromatic carbocycles. The van der Waals surface area contributed by atoms with E-state index in [1.807, 2.05) is 6.07 Å². The van der Waals surface area contributed by atoms with Gasteiger partial charge in [-0.2, -0.15) is 18.3 Å². The molecule has 2 aromatic heterocycles. The summed E-state index contributed by atoms with van der Waals surface area (Å²) < 4.78 is 41.1. The number of carbonyl (C=O) groups is 1. The summed E-state index contributed by atoms with van der Waals surface area (Å²) in [6.45, 7) is 0. The third-order valence-corrected chi connectivity index (χ3v) is 5.02. The monoisotopic (exact) mass is 456 g/mol. The zero-order valence-electron chi connectivity index (χ0n) is 16.4. The van der Waals surface area contributed by atoms with Gasteiger partial charge in [-0.05, 0) is 29.8 Å². The third-order valence-electron chi connectivity index (χ3n) is 4.70. The summed E-state index contributed by atoms with van der Waals surface area (Å²) in [6.07, 6.45) is -3.16. The number of alkyl halides is 3. The molecule has 1 unspecified atom stereocenters. The van der Waals surface area contributed by atoms with Gasteiger partial charge in [0.05, 0.1) is 22.4 Å². The number of benzene rings is 2. The number of halogens is 4. The van der Waals surface area contributed by atoms with Gasteiger partial charge in [0.1, 0.15) is 5.69 Å². The standard InChI is InChI=1S/C23H16ClF3N4O/c24-16-10-4-5-12-18(16)31-19(14-20(30-31)23(25,26)27)22(32)29-21(15-8-2-1-3-9-15)17-11-6-7-13-28-17/h1-14,21H,(H,29,32). The zero-order valence-corrected chi connectivity index (χ0v) is 17.2. The number of para-hydroxylation sites is 1. The Morgan fingerprint density at radius 1 is 0.969 bits per heavy atom. The number of hydrogen-bond donors (Lipinski definition) is 1. The Hall–Kier alpha value is -3.65. The molecule has 162 valence electrons. The number of hydrogen-bond acceptors (Lipinski definition) is 3. The zero-order chi connectivity index (χ0) is 22.7. The Bertz CT molecular complexity index is 1190. The van der Waals surface area contributed by atoms with E-state index in [1.54, 1.807) is 60.8 Å². The van der Waals surface area contributed by atoms with Gasteiger partial charge in [-0.25, -0.2) is 4.68 Å². The molecule has 2 heterocycles. The number of carbonyl (C=O) groups excluding carboxylic acids is 1. The molecule has 5 nitrogen and oxygen atoms in total. The summed E-state index contributed by atoms with van der Waals surface area (Å²) in [7, 11) is 0. The minimum atomic E-state index is -4.73. The lowest BCUT2D eigenvalue weighted by Gasteiger charge is -2.19. The maximum atomic E-state index is 13.4. The van der Waals surface area contributed by atoms with E-state index in [4.69, 9.17) is 11.6 Å². The van der Waals surface area contributed by atoms with Crippen molar-refractivity contribution in [2.24, 2.45) is 0 Å². The van der Waals surface area contributed by atoms with Gasteiger partial charge in [-0.15, -0.1) is 0 Å². The van der Waals surface area contributed by atoms with Gasteiger partial charge >= 0.3 is 6.18 Å². The van der Waals surface area contributed by atoms with Crippen LogP contribution in [0.4, 0.5) is 13.2 Å². The van der Waals surface area contributed by atoms with Crippen LogP contribution in [0.15, 0.2) is 85.1 Å². The Kier molecular flexibility index (Phi) is 5.96. The molecule has 9 heteroatoms. The number of rotatable bonds is 5. The summed E-state index contributed by atoms with van der Waals surface area (Å²) in [5.74, 6) is -0.757. The Balaban J connectivity index is 1.78. The van der Waals surface area contributed by atoms with Gasteiger partial charge in [0.2, 0.25) is 0 Å². The van der Waals surface area contributed by atoms with Crippen LogP contribution in [-0.2, 0) is 6.18 Å². The first-order valence-electron chi connectivity index (χ1n) is 9.53. The van der Waals surface area contributed by atoms with Gasteiger partial charge in [0.15, 0.2) is 5.69 Å². The van der Waals surface area contributed by atoms with Crippen LogP contribution in [0.3, 0.4) is 0 Å². The lowest BCUT2D eigenvalue weighted by Crippen LogP contribution is -2.31. The largest absolute Gasteiger partial charge is 0.435 e. The molecule has 0 saturated carbocycles. The minimum Gasteiger partial charge on any atom is -0.338 e. The van der Waals surface area contributed by atoms with Crippen molar-refractivity contribution in [3.05, 3.63) is 113 Å². The van der Waals surface area contributed by atoms with E-state index in [1.165, 1.54) is 12.1 Å². The molecule has 4 rings (SSSR count). The van der Waals surface area contributed by atoms with Gasteiger partial charge in [-0.1, -0.05) is 60.1 Å². The number of pyridine rings is 1. The lowest BCUT2D eigenvalue weighted by atomic mass is 10.0. The molecule has 0 bridgehead atoms. The molecule has 1 N–H and O–H groups in total. The van der Waals surface area contributed by atoms with Gasteiger partial charge in [0.25, 0.3) is 5.91 Å². The number of nitrogens with zero attached hydrogens (tertiary/aromatic N) is 3. The van der Waals surface area contributed by atoms with Crippen molar-refractivity contribution in [2.75, 3.05) is 0 Å². The van der Waals surface area contributed by atoms with Crippen LogP contribution in [0.2, 0.25) is 5.02 Å². The van der Waals surface area contributed by atoms with Crippen molar-refractivity contribution in [1.29, 1.82) is 0 Å². The second-order valence-electron chi connectivity index (χ2n) is 6.85. The van der Waals surface area contributed by atoms with Crippen LogP contribution in [0, 0.1) is 0 Å². The molecule has 0 saturated heterocycles. The van der Waals surface area contributed by atoms with E-state index >= 15 is 0 Å². The number of nitrogens with one attached hydrogen (secondary N) is 1. The molecule has 1 amide bonds. The van der Waals surface area contributed by atoms with Crippen molar-refractivity contribution in [2.45, 2.75) is 12.2 Å². The van der Waals surface area contributed by atoms with Crippen LogP contribution in [0.25, 0.3) is 5.69 Å². The maximum absolute atomic E-state index is 13.4. The average molecular weight is 457 g/mol. The normalized spacial score (nSPS) is 12.4. The third kappa shape index (κ3) is 4.50. The smallest absolute Gasteiger partial charge is 0.338 e. The van der Waals surface area contributed by atoms with Crippen LogP contribution in [0.1, 0.15) is 33.5 Å². The van der Waals surface area contributed by atoms with E-state index in [9.17, 15) is 18.0 Å². The molecule has 32 heavy (non-hydrogen) atoms. The lowest BCUT2D eigenvalue weighted by molar-refractivity contribution is -0.141. The highest BCUT2D eigenvalue weighted by atomic mass is 35.5. The van der Waals surface area contributed by atoms with Gasteiger partial charge in [0, 0.05) is 12.3 Å². The molecule has 0 spiro atoms. The second kappa shape index (κ2) is 8.84. The van der Waals surface area contributed by atoms with E-state index in [2.05, 4.69) is 15.4 Å². The van der Waals surface area contributed by atoms with Crippen LogP contribution >= 0.6 is 11.6 Å². The number of amides is 1. The Labute approximate surface area is 186 Å². The fraction of sp³-hybridized carbons (Fsp3) is 0.0870. The van der Waals surface area contributed by atoms with Crippen molar-refractivity contribution >= 4 is 17.5 Å².